The molecule has 1 aliphatic rings. The highest BCUT2D eigenvalue weighted by Crippen LogP contribution is 2.38. The summed E-state index contributed by atoms with van der Waals surface area (Å²) < 4.78 is 40.9. The molecule has 1 aliphatic heterocycles. The van der Waals surface area contributed by atoms with Gasteiger partial charge in [0.15, 0.2) is 11.5 Å². The molecule has 0 saturated carbocycles. The van der Waals surface area contributed by atoms with Crippen LogP contribution in [0, 0.1) is 18.6 Å². The summed E-state index contributed by atoms with van der Waals surface area (Å²) in [6.07, 6.45) is 0.253. The van der Waals surface area contributed by atoms with Gasteiger partial charge in [0.2, 0.25) is 6.79 Å². The number of pyridine rings is 1. The van der Waals surface area contributed by atoms with Gasteiger partial charge in [0.25, 0.3) is 0 Å². The number of hydrogen-bond acceptors (Lipinski definition) is 5. The Hall–Kier alpha value is -3.05. The fourth-order valence-electron chi connectivity index (χ4n) is 3.86. The van der Waals surface area contributed by atoms with Gasteiger partial charge in [0, 0.05) is 46.2 Å². The van der Waals surface area contributed by atoms with Crippen molar-refractivity contribution in [2.75, 3.05) is 13.3 Å². The van der Waals surface area contributed by atoms with E-state index in [1.165, 1.54) is 18.2 Å². The van der Waals surface area contributed by atoms with Gasteiger partial charge < -0.3 is 14.5 Å². The molecule has 6 nitrogen and oxygen atoms in total. The zero-order valence-electron chi connectivity index (χ0n) is 18.3. The third kappa shape index (κ3) is 4.76. The van der Waals surface area contributed by atoms with Crippen molar-refractivity contribution in [2.24, 2.45) is 0 Å². The summed E-state index contributed by atoms with van der Waals surface area (Å²) in [5.41, 5.74) is 4.17. The second-order valence-corrected chi connectivity index (χ2v) is 9.30. The zero-order valence-corrected chi connectivity index (χ0v) is 20.5. The molecule has 1 N–H and O–H groups in total. The SMILES string of the molecule is Cc1cccc(-c2nc(CN(I)CCc3c(F)cccc3F)[nH]c2-c2ccc3c(c2)OCO3)n1. The minimum atomic E-state index is -0.527. The van der Waals surface area contributed by atoms with Crippen molar-refractivity contribution in [2.45, 2.75) is 19.9 Å². The fourth-order valence-corrected chi connectivity index (χ4v) is 4.43. The van der Waals surface area contributed by atoms with Crippen LogP contribution in [0.3, 0.4) is 0 Å². The standard InChI is InChI=1S/C25H21F2IN4O2/c1-15-4-2-7-20(29-15)25-24(16-8-9-21-22(12-16)34-14-33-21)30-23(31-25)13-32(28)11-10-17-18(26)5-3-6-19(17)27/h2-9,12H,10-11,13-14H2,1H3,(H,30,31). The molecule has 0 fully saturated rings. The van der Waals surface area contributed by atoms with Crippen molar-refractivity contribution in [1.29, 1.82) is 0 Å². The molecule has 2 aromatic heterocycles. The van der Waals surface area contributed by atoms with Crippen molar-refractivity contribution >= 4 is 22.9 Å². The topological polar surface area (TPSA) is 63.3 Å². The highest BCUT2D eigenvalue weighted by molar-refractivity contribution is 14.1. The third-order valence-corrected chi connectivity index (χ3v) is 6.36. The summed E-state index contributed by atoms with van der Waals surface area (Å²) in [6, 6.07) is 15.5. The monoisotopic (exact) mass is 574 g/mol. The number of benzene rings is 2. The summed E-state index contributed by atoms with van der Waals surface area (Å²) in [5, 5.41) is 0. The van der Waals surface area contributed by atoms with Gasteiger partial charge in [-0.1, -0.05) is 12.1 Å². The molecule has 0 saturated heterocycles. The van der Waals surface area contributed by atoms with E-state index in [0.29, 0.717) is 24.6 Å². The van der Waals surface area contributed by atoms with Gasteiger partial charge in [0.05, 0.1) is 17.9 Å². The van der Waals surface area contributed by atoms with Crippen LogP contribution in [-0.2, 0) is 13.0 Å². The van der Waals surface area contributed by atoms with Crippen LogP contribution in [0.15, 0.2) is 54.6 Å². The van der Waals surface area contributed by atoms with Crippen molar-refractivity contribution in [3.8, 4) is 34.1 Å². The number of hydrogen-bond donors (Lipinski definition) is 1. The predicted octanol–water partition coefficient (Wildman–Crippen LogP) is 5.85. The van der Waals surface area contributed by atoms with Crippen molar-refractivity contribution < 1.29 is 18.3 Å². The maximum absolute atomic E-state index is 14.0. The van der Waals surface area contributed by atoms with E-state index in [4.69, 9.17) is 14.5 Å². The van der Waals surface area contributed by atoms with Crippen LogP contribution in [0.1, 0.15) is 17.1 Å². The molecule has 5 rings (SSSR count). The van der Waals surface area contributed by atoms with Gasteiger partial charge in [-0.25, -0.2) is 16.9 Å². The number of rotatable bonds is 7. The van der Waals surface area contributed by atoms with Gasteiger partial charge >= 0.3 is 0 Å². The largest absolute Gasteiger partial charge is 0.454 e. The Labute approximate surface area is 209 Å². The lowest BCUT2D eigenvalue weighted by atomic mass is 10.1. The van der Waals surface area contributed by atoms with Crippen LogP contribution >= 0.6 is 22.9 Å². The highest BCUT2D eigenvalue weighted by atomic mass is 127. The summed E-state index contributed by atoms with van der Waals surface area (Å²) in [7, 11) is 0. The maximum Gasteiger partial charge on any atom is 0.231 e. The smallest absolute Gasteiger partial charge is 0.231 e. The van der Waals surface area contributed by atoms with Crippen molar-refractivity contribution in [3.05, 3.63) is 83.3 Å². The molecule has 4 aromatic rings. The van der Waals surface area contributed by atoms with Crippen LogP contribution in [0.5, 0.6) is 11.5 Å². The molecule has 0 unspecified atom stereocenters. The Morgan fingerprint density at radius 2 is 1.76 bits per heavy atom. The van der Waals surface area contributed by atoms with E-state index >= 15 is 0 Å². The first-order valence-electron chi connectivity index (χ1n) is 10.7. The Morgan fingerprint density at radius 1 is 1.00 bits per heavy atom. The molecule has 34 heavy (non-hydrogen) atoms. The van der Waals surface area contributed by atoms with Crippen LogP contribution in [0.2, 0.25) is 0 Å². The minimum absolute atomic E-state index is 0.0920. The molecule has 0 bridgehead atoms. The predicted molar refractivity (Wildman–Crippen MR) is 133 cm³/mol. The van der Waals surface area contributed by atoms with Gasteiger partial charge in [-0.2, -0.15) is 0 Å². The first-order chi connectivity index (χ1) is 16.5. The lowest BCUT2D eigenvalue weighted by molar-refractivity contribution is 0.174. The van der Waals surface area contributed by atoms with Crippen LogP contribution in [0.25, 0.3) is 22.6 Å². The van der Waals surface area contributed by atoms with Crippen molar-refractivity contribution in [3.63, 3.8) is 0 Å². The number of aromatic amines is 1. The molecular formula is C25H21F2IN4O2. The van der Waals surface area contributed by atoms with E-state index in [2.05, 4.69) is 32.8 Å². The van der Waals surface area contributed by atoms with Gasteiger partial charge in [0.1, 0.15) is 23.2 Å². The Kier molecular flexibility index (Phi) is 6.46. The van der Waals surface area contributed by atoms with Crippen LogP contribution in [-0.4, -0.2) is 31.4 Å². The number of aromatic nitrogens is 3. The van der Waals surface area contributed by atoms with Crippen LogP contribution < -0.4 is 9.47 Å². The van der Waals surface area contributed by atoms with Crippen LogP contribution in [0.4, 0.5) is 8.78 Å². The molecular weight excluding hydrogens is 553 g/mol. The van der Waals surface area contributed by atoms with E-state index < -0.39 is 11.6 Å². The average molecular weight is 574 g/mol. The van der Waals surface area contributed by atoms with E-state index in [-0.39, 0.29) is 18.8 Å². The summed E-state index contributed by atoms with van der Waals surface area (Å²) >= 11 is 2.15. The summed E-state index contributed by atoms with van der Waals surface area (Å²) in [6.45, 7) is 3.05. The van der Waals surface area contributed by atoms with Gasteiger partial charge in [-0.3, -0.25) is 4.98 Å². The number of ether oxygens (including phenoxy) is 2. The number of imidazole rings is 1. The lowest BCUT2D eigenvalue weighted by Gasteiger charge is -2.13. The average Bonchev–Trinajstić information content (AvgIpc) is 3.45. The Morgan fingerprint density at radius 3 is 2.56 bits per heavy atom. The number of H-pyrrole nitrogens is 1. The molecule has 0 amide bonds. The molecule has 0 spiro atoms. The second-order valence-electron chi connectivity index (χ2n) is 7.93. The number of fused-ring (bicyclic) bond motifs is 1. The highest BCUT2D eigenvalue weighted by Gasteiger charge is 2.20. The maximum atomic E-state index is 14.0. The molecule has 0 atom stereocenters. The quantitative estimate of drug-likeness (QED) is 0.222. The number of nitrogens with one attached hydrogen (secondary N) is 1. The first kappa shape index (κ1) is 22.7. The summed E-state index contributed by atoms with van der Waals surface area (Å²) in [4.78, 5) is 12.9. The first-order valence-corrected chi connectivity index (χ1v) is 11.7. The minimum Gasteiger partial charge on any atom is -0.454 e. The van der Waals surface area contributed by atoms with E-state index in [9.17, 15) is 8.78 Å². The number of aryl methyl sites for hydroxylation is 1. The molecule has 3 heterocycles. The van der Waals surface area contributed by atoms with E-state index in [0.717, 1.165) is 34.2 Å². The number of nitrogens with zero attached hydrogens (tertiary/aromatic N) is 3. The van der Waals surface area contributed by atoms with Crippen molar-refractivity contribution in [1.82, 2.24) is 18.1 Å². The molecule has 9 heteroatoms. The fraction of sp³-hybridized carbons (Fsp3) is 0.200. The lowest BCUT2D eigenvalue weighted by Crippen LogP contribution is -2.16. The zero-order chi connectivity index (χ0) is 23.7. The molecule has 174 valence electrons. The molecule has 0 aliphatic carbocycles. The van der Waals surface area contributed by atoms with E-state index in [1.54, 1.807) is 0 Å². The molecule has 2 aromatic carbocycles. The Balaban J connectivity index is 1.42. The third-order valence-electron chi connectivity index (χ3n) is 5.53. The van der Waals surface area contributed by atoms with Gasteiger partial charge in [-0.15, -0.1) is 0 Å². The van der Waals surface area contributed by atoms with E-state index in [1.807, 2.05) is 46.4 Å². The second kappa shape index (κ2) is 9.67. The summed E-state index contributed by atoms with van der Waals surface area (Å²) in [5.74, 6) is 1.05. The normalized spacial score (nSPS) is 12.5. The number of halogens is 3. The Bertz CT molecular complexity index is 1320. The molecule has 0 radical (unpaired) electrons. The van der Waals surface area contributed by atoms with Gasteiger partial charge in [-0.05, 0) is 55.8 Å².